The van der Waals surface area contributed by atoms with E-state index in [0.29, 0.717) is 12.4 Å². The molecule has 1 atom stereocenters. The van der Waals surface area contributed by atoms with Gasteiger partial charge in [-0.3, -0.25) is 10.00 Å². The average molecular weight is 356 g/mol. The largest absolute Gasteiger partial charge is 0.467 e. The number of furan rings is 1. The molecule has 0 saturated carbocycles. The highest BCUT2D eigenvalue weighted by Gasteiger charge is 2.19. The van der Waals surface area contributed by atoms with Gasteiger partial charge in [-0.25, -0.2) is 9.48 Å². The molecule has 0 aliphatic rings. The van der Waals surface area contributed by atoms with Gasteiger partial charge in [0.1, 0.15) is 18.1 Å². The number of hydrogen-bond donors (Lipinski definition) is 2. The maximum absolute atomic E-state index is 12.4. The number of aromatic nitrogens is 4. The van der Waals surface area contributed by atoms with Gasteiger partial charge in [-0.05, 0) is 39.8 Å². The minimum Gasteiger partial charge on any atom is -0.467 e. The number of carbonyl (C=O) groups is 1. The molecule has 138 valence electrons. The van der Waals surface area contributed by atoms with E-state index in [4.69, 9.17) is 4.42 Å². The number of hydrogen-bond acceptors (Lipinski definition) is 4. The van der Waals surface area contributed by atoms with Crippen molar-refractivity contribution >= 4 is 11.8 Å². The molecule has 0 aliphatic carbocycles. The third kappa shape index (κ3) is 3.63. The Labute approximate surface area is 152 Å². The summed E-state index contributed by atoms with van der Waals surface area (Å²) in [6.45, 7) is 9.24. The minimum absolute atomic E-state index is 0.156. The lowest BCUT2D eigenvalue weighted by Gasteiger charge is -2.16. The van der Waals surface area contributed by atoms with Crippen molar-refractivity contribution in [3.05, 3.63) is 53.4 Å². The first-order valence-electron chi connectivity index (χ1n) is 8.65. The zero-order chi connectivity index (χ0) is 18.7. The fraction of sp³-hybridized carbons (Fsp3) is 0.389. The molecule has 2 amide bonds. The smallest absolute Gasteiger partial charge is 0.320 e. The zero-order valence-electron chi connectivity index (χ0n) is 15.5. The summed E-state index contributed by atoms with van der Waals surface area (Å²) in [6, 6.07) is 4.99. The molecule has 2 N–H and O–H groups in total. The Morgan fingerprint density at radius 2 is 2.12 bits per heavy atom. The molecule has 0 fully saturated rings. The molecule has 0 radical (unpaired) electrons. The summed E-state index contributed by atoms with van der Waals surface area (Å²) in [7, 11) is 0. The molecule has 0 aliphatic heterocycles. The molecule has 3 aromatic heterocycles. The van der Waals surface area contributed by atoms with Crippen molar-refractivity contribution in [1.82, 2.24) is 24.9 Å². The number of rotatable bonds is 6. The van der Waals surface area contributed by atoms with Crippen molar-refractivity contribution in [2.75, 3.05) is 5.32 Å². The lowest BCUT2D eigenvalue weighted by atomic mass is 10.1. The first-order valence-corrected chi connectivity index (χ1v) is 8.65. The van der Waals surface area contributed by atoms with Gasteiger partial charge in [-0.2, -0.15) is 10.2 Å². The van der Waals surface area contributed by atoms with E-state index in [0.717, 1.165) is 29.3 Å². The zero-order valence-corrected chi connectivity index (χ0v) is 15.5. The van der Waals surface area contributed by atoms with Gasteiger partial charge in [0, 0.05) is 23.9 Å². The first kappa shape index (κ1) is 17.8. The number of aryl methyl sites for hydroxylation is 2. The van der Waals surface area contributed by atoms with E-state index in [1.165, 1.54) is 0 Å². The molecule has 8 heteroatoms. The molecule has 3 heterocycles. The van der Waals surface area contributed by atoms with Gasteiger partial charge in [-0.15, -0.1) is 0 Å². The summed E-state index contributed by atoms with van der Waals surface area (Å²) in [5, 5.41) is 14.6. The highest BCUT2D eigenvalue weighted by atomic mass is 16.3. The van der Waals surface area contributed by atoms with Crippen LogP contribution in [0.25, 0.3) is 0 Å². The van der Waals surface area contributed by atoms with Crippen LogP contribution in [0.3, 0.4) is 0 Å². The van der Waals surface area contributed by atoms with Crippen molar-refractivity contribution < 1.29 is 9.21 Å². The van der Waals surface area contributed by atoms with E-state index >= 15 is 0 Å². The number of amides is 2. The van der Waals surface area contributed by atoms with Crippen LogP contribution in [0.1, 0.15) is 42.6 Å². The van der Waals surface area contributed by atoms with E-state index in [2.05, 4.69) is 20.8 Å². The molecule has 0 unspecified atom stereocenters. The van der Waals surface area contributed by atoms with Crippen LogP contribution in [0.4, 0.5) is 10.6 Å². The van der Waals surface area contributed by atoms with Crippen molar-refractivity contribution in [3.8, 4) is 0 Å². The molecule has 0 bridgehead atoms. The summed E-state index contributed by atoms with van der Waals surface area (Å²) in [5.74, 6) is 1.37. The Kier molecular flexibility index (Phi) is 5.11. The van der Waals surface area contributed by atoms with Gasteiger partial charge in [0.05, 0.1) is 24.2 Å². The topological polar surface area (TPSA) is 89.9 Å². The second-order valence-electron chi connectivity index (χ2n) is 6.17. The van der Waals surface area contributed by atoms with Crippen LogP contribution in [0.5, 0.6) is 0 Å². The predicted molar refractivity (Wildman–Crippen MR) is 98.0 cm³/mol. The highest BCUT2D eigenvalue weighted by Crippen LogP contribution is 2.21. The molecule has 0 spiro atoms. The number of nitrogens with zero attached hydrogens (tertiary/aromatic N) is 4. The number of nitrogens with one attached hydrogen (secondary N) is 2. The molecule has 26 heavy (non-hydrogen) atoms. The number of anilines is 1. The van der Waals surface area contributed by atoms with Gasteiger partial charge in [0.25, 0.3) is 0 Å². The fourth-order valence-electron chi connectivity index (χ4n) is 3.18. The monoisotopic (exact) mass is 356 g/mol. The van der Waals surface area contributed by atoms with Crippen molar-refractivity contribution in [2.24, 2.45) is 0 Å². The Hall–Kier alpha value is -3.03. The van der Waals surface area contributed by atoms with Crippen molar-refractivity contribution in [1.29, 1.82) is 0 Å². The normalized spacial score (nSPS) is 12.2. The van der Waals surface area contributed by atoms with Crippen LogP contribution in [0.15, 0.2) is 35.1 Å². The third-order valence-corrected chi connectivity index (χ3v) is 4.36. The van der Waals surface area contributed by atoms with E-state index in [1.54, 1.807) is 23.2 Å². The predicted octanol–water partition coefficient (Wildman–Crippen LogP) is 3.24. The second-order valence-corrected chi connectivity index (χ2v) is 6.17. The van der Waals surface area contributed by atoms with Crippen molar-refractivity contribution in [2.45, 2.75) is 46.8 Å². The van der Waals surface area contributed by atoms with Crippen LogP contribution >= 0.6 is 0 Å². The summed E-state index contributed by atoms with van der Waals surface area (Å²) in [4.78, 5) is 12.4. The molecule has 0 aromatic carbocycles. The Bertz CT molecular complexity index is 878. The lowest BCUT2D eigenvalue weighted by molar-refractivity contribution is 0.249. The lowest BCUT2D eigenvalue weighted by Crippen LogP contribution is -2.32. The minimum atomic E-state index is -0.290. The van der Waals surface area contributed by atoms with Crippen LogP contribution in [0.2, 0.25) is 0 Å². The summed E-state index contributed by atoms with van der Waals surface area (Å²) in [6.07, 6.45) is 3.25. The summed E-state index contributed by atoms with van der Waals surface area (Å²) < 4.78 is 8.95. The fourth-order valence-corrected chi connectivity index (χ4v) is 3.18. The SMILES string of the molecule is CCn1nc(C)c([C@H](C)NC(=O)Nc2ccnn2Cc2ccco2)c1C. The van der Waals surface area contributed by atoms with Gasteiger partial charge in [0.15, 0.2) is 0 Å². The molecule has 3 rings (SSSR count). The molecule has 0 saturated heterocycles. The third-order valence-electron chi connectivity index (χ3n) is 4.36. The number of carbonyl (C=O) groups excluding carboxylic acids is 1. The van der Waals surface area contributed by atoms with Crippen LogP contribution in [-0.2, 0) is 13.1 Å². The van der Waals surface area contributed by atoms with E-state index in [9.17, 15) is 4.79 Å². The second kappa shape index (κ2) is 7.47. The van der Waals surface area contributed by atoms with E-state index in [-0.39, 0.29) is 12.1 Å². The summed E-state index contributed by atoms with van der Waals surface area (Å²) >= 11 is 0. The van der Waals surface area contributed by atoms with E-state index in [1.807, 2.05) is 44.5 Å². The van der Waals surface area contributed by atoms with Gasteiger partial charge < -0.3 is 9.73 Å². The Morgan fingerprint density at radius 1 is 1.31 bits per heavy atom. The maximum Gasteiger partial charge on any atom is 0.320 e. The summed E-state index contributed by atoms with van der Waals surface area (Å²) in [5.41, 5.74) is 3.05. The van der Waals surface area contributed by atoms with Crippen LogP contribution in [-0.4, -0.2) is 25.6 Å². The van der Waals surface area contributed by atoms with Crippen molar-refractivity contribution in [3.63, 3.8) is 0 Å². The molecular formula is C18H24N6O2. The van der Waals surface area contributed by atoms with Gasteiger partial charge in [0.2, 0.25) is 0 Å². The maximum atomic E-state index is 12.4. The van der Waals surface area contributed by atoms with Crippen LogP contribution < -0.4 is 10.6 Å². The van der Waals surface area contributed by atoms with Crippen LogP contribution in [0, 0.1) is 13.8 Å². The quantitative estimate of drug-likeness (QED) is 0.709. The van der Waals surface area contributed by atoms with E-state index < -0.39 is 0 Å². The van der Waals surface area contributed by atoms with Gasteiger partial charge in [-0.1, -0.05) is 0 Å². The molecule has 8 nitrogen and oxygen atoms in total. The Balaban J connectivity index is 1.66. The average Bonchev–Trinajstić information content (AvgIpc) is 3.30. The number of urea groups is 1. The first-order chi connectivity index (χ1) is 12.5. The van der Waals surface area contributed by atoms with Gasteiger partial charge >= 0.3 is 6.03 Å². The molecular weight excluding hydrogens is 332 g/mol. The molecule has 3 aromatic rings. The highest BCUT2D eigenvalue weighted by molar-refractivity contribution is 5.88. The Morgan fingerprint density at radius 3 is 2.77 bits per heavy atom. The standard InChI is InChI=1S/C18H24N6O2/c1-5-23-14(4)17(13(3)22-23)12(2)20-18(25)21-16-8-9-19-24(16)11-15-7-6-10-26-15/h6-10,12H,5,11H2,1-4H3,(H2,20,21,25)/t12-/m0/s1.